The number of hydrogen-bond donors (Lipinski definition) is 3. The number of carbonyl (C=O) groups excluding carboxylic acids is 2. The maximum atomic E-state index is 12.8. The fourth-order valence-electron chi connectivity index (χ4n) is 2.27. The number of hydrogen-bond acceptors (Lipinski definition) is 3. The van der Waals surface area contributed by atoms with Gasteiger partial charge < -0.3 is 20.6 Å². The first-order valence-electron chi connectivity index (χ1n) is 7.44. The van der Waals surface area contributed by atoms with Gasteiger partial charge in [0, 0.05) is 31.6 Å². The first kappa shape index (κ1) is 20.0. The molecule has 0 aromatic carbocycles. The molecule has 1 fully saturated rings. The van der Waals surface area contributed by atoms with Gasteiger partial charge in [-0.25, -0.2) is 4.79 Å². The van der Waals surface area contributed by atoms with Crippen molar-refractivity contribution in [3.63, 3.8) is 0 Å². The molecule has 7 nitrogen and oxygen atoms in total. The molecule has 138 valence electrons. The van der Waals surface area contributed by atoms with E-state index in [-0.39, 0.29) is 19.0 Å². The largest absolute Gasteiger partial charge is 0.481 e. The summed E-state index contributed by atoms with van der Waals surface area (Å²) in [5.74, 6) is -5.55. The normalized spacial score (nSPS) is 21.5. The third kappa shape index (κ3) is 5.27. The van der Waals surface area contributed by atoms with Gasteiger partial charge in [0.05, 0.1) is 11.8 Å². The van der Waals surface area contributed by atoms with E-state index < -0.39 is 48.5 Å². The second-order valence-corrected chi connectivity index (χ2v) is 6.74. The van der Waals surface area contributed by atoms with E-state index in [0.29, 0.717) is 0 Å². The van der Waals surface area contributed by atoms with Crippen LogP contribution in [0.2, 0.25) is 0 Å². The third-order valence-electron chi connectivity index (χ3n) is 3.71. The minimum atomic E-state index is -4.68. The van der Waals surface area contributed by atoms with Gasteiger partial charge >= 0.3 is 18.2 Å². The number of halogens is 3. The van der Waals surface area contributed by atoms with Crippen molar-refractivity contribution in [2.75, 3.05) is 26.2 Å². The Bertz CT molecular complexity index is 502. The highest BCUT2D eigenvalue weighted by atomic mass is 19.4. The third-order valence-corrected chi connectivity index (χ3v) is 3.71. The van der Waals surface area contributed by atoms with Crippen molar-refractivity contribution in [2.45, 2.75) is 26.9 Å². The summed E-state index contributed by atoms with van der Waals surface area (Å²) >= 11 is 0. The Labute approximate surface area is 137 Å². The van der Waals surface area contributed by atoms with E-state index in [4.69, 9.17) is 5.11 Å². The number of carboxylic acid groups (broad SMARTS) is 1. The average molecular weight is 353 g/mol. The first-order valence-corrected chi connectivity index (χ1v) is 7.44. The van der Waals surface area contributed by atoms with Gasteiger partial charge in [0.2, 0.25) is 5.91 Å². The lowest BCUT2D eigenvalue weighted by Crippen LogP contribution is -2.44. The lowest BCUT2D eigenvalue weighted by Gasteiger charge is -2.20. The second kappa shape index (κ2) is 7.27. The van der Waals surface area contributed by atoms with E-state index in [9.17, 15) is 27.6 Å². The Morgan fingerprint density at radius 3 is 2.04 bits per heavy atom. The lowest BCUT2D eigenvalue weighted by molar-refractivity contribution is -0.187. The maximum Gasteiger partial charge on any atom is 0.394 e. The molecule has 1 heterocycles. The number of likely N-dealkylation sites (tertiary alicyclic amines) is 1. The molecule has 0 bridgehead atoms. The van der Waals surface area contributed by atoms with Crippen LogP contribution in [-0.4, -0.2) is 60.3 Å². The maximum absolute atomic E-state index is 12.8. The molecule has 1 aliphatic rings. The Balaban J connectivity index is 2.49. The number of rotatable bonds is 4. The summed E-state index contributed by atoms with van der Waals surface area (Å²) in [6, 6.07) is -0.780. The molecular weight excluding hydrogens is 331 g/mol. The molecule has 0 radical (unpaired) electrons. The molecular formula is C14H22F3N3O4. The molecule has 0 aliphatic carbocycles. The number of amides is 3. The topological polar surface area (TPSA) is 98.7 Å². The van der Waals surface area contributed by atoms with Crippen LogP contribution in [0.1, 0.15) is 20.8 Å². The molecule has 1 rings (SSSR count). The zero-order chi connectivity index (χ0) is 18.7. The predicted molar refractivity (Wildman–Crippen MR) is 78.1 cm³/mol. The van der Waals surface area contributed by atoms with Crippen molar-refractivity contribution >= 4 is 17.9 Å². The van der Waals surface area contributed by atoms with Crippen LogP contribution in [0.25, 0.3) is 0 Å². The Hall–Kier alpha value is -2.00. The van der Waals surface area contributed by atoms with Gasteiger partial charge in [0.1, 0.15) is 0 Å². The van der Waals surface area contributed by atoms with E-state index in [1.165, 1.54) is 0 Å². The minimum absolute atomic E-state index is 0.0333. The van der Waals surface area contributed by atoms with Crippen molar-refractivity contribution in [1.29, 1.82) is 0 Å². The lowest BCUT2D eigenvalue weighted by atomic mass is 9.96. The van der Waals surface area contributed by atoms with Gasteiger partial charge in [-0.05, 0) is 0 Å². The summed E-state index contributed by atoms with van der Waals surface area (Å²) in [5, 5.41) is 13.8. The van der Waals surface area contributed by atoms with Gasteiger partial charge in [0.25, 0.3) is 0 Å². The van der Waals surface area contributed by atoms with E-state index >= 15 is 0 Å². The minimum Gasteiger partial charge on any atom is -0.481 e. The van der Waals surface area contributed by atoms with Crippen molar-refractivity contribution < 1.29 is 32.7 Å². The Morgan fingerprint density at radius 1 is 1.08 bits per heavy atom. The van der Waals surface area contributed by atoms with Crippen molar-refractivity contribution in [2.24, 2.45) is 17.3 Å². The molecule has 1 saturated heterocycles. The summed E-state index contributed by atoms with van der Waals surface area (Å²) in [7, 11) is 0. The van der Waals surface area contributed by atoms with Crippen molar-refractivity contribution in [3.8, 4) is 0 Å². The van der Waals surface area contributed by atoms with Crippen LogP contribution in [0.5, 0.6) is 0 Å². The fraction of sp³-hybridized carbons (Fsp3) is 0.786. The van der Waals surface area contributed by atoms with Crippen LogP contribution >= 0.6 is 0 Å². The van der Waals surface area contributed by atoms with Gasteiger partial charge in [0.15, 0.2) is 0 Å². The predicted octanol–water partition coefficient (Wildman–Crippen LogP) is 1.05. The zero-order valence-corrected chi connectivity index (χ0v) is 13.7. The van der Waals surface area contributed by atoms with Crippen LogP contribution < -0.4 is 10.6 Å². The molecule has 3 amide bonds. The number of alkyl halides is 3. The van der Waals surface area contributed by atoms with E-state index in [0.717, 1.165) is 4.90 Å². The highest BCUT2D eigenvalue weighted by Gasteiger charge is 2.53. The van der Waals surface area contributed by atoms with Gasteiger partial charge in [-0.2, -0.15) is 13.2 Å². The van der Waals surface area contributed by atoms with Crippen LogP contribution in [0.15, 0.2) is 0 Å². The summed E-state index contributed by atoms with van der Waals surface area (Å²) in [6.45, 7) is 4.12. The molecule has 0 aromatic rings. The summed E-state index contributed by atoms with van der Waals surface area (Å²) < 4.78 is 38.5. The highest BCUT2D eigenvalue weighted by Crippen LogP contribution is 2.37. The second-order valence-electron chi connectivity index (χ2n) is 6.74. The Morgan fingerprint density at radius 2 is 1.62 bits per heavy atom. The molecule has 2 atom stereocenters. The summed E-state index contributed by atoms with van der Waals surface area (Å²) in [6.07, 6.45) is -4.68. The number of urea groups is 1. The average Bonchev–Trinajstić information content (AvgIpc) is 2.87. The first-order chi connectivity index (χ1) is 10.8. The molecule has 0 aromatic heterocycles. The van der Waals surface area contributed by atoms with E-state index in [2.05, 4.69) is 10.6 Å². The van der Waals surface area contributed by atoms with Gasteiger partial charge in [-0.3, -0.25) is 9.59 Å². The van der Waals surface area contributed by atoms with Crippen LogP contribution in [-0.2, 0) is 9.59 Å². The summed E-state index contributed by atoms with van der Waals surface area (Å²) in [5.41, 5.74) is -0.590. The number of carboxylic acids is 1. The van der Waals surface area contributed by atoms with Crippen molar-refractivity contribution in [1.82, 2.24) is 15.5 Å². The van der Waals surface area contributed by atoms with Gasteiger partial charge in [-0.1, -0.05) is 20.8 Å². The molecule has 0 saturated carbocycles. The highest BCUT2D eigenvalue weighted by molar-refractivity contribution is 5.81. The SMILES string of the molecule is CC(C)(C)C(=O)NCCNC(=O)N1C[C@@H](C(F)(F)F)[C@H](C(=O)O)C1. The standard InChI is InChI=1S/C14H22F3N3O4/c1-13(2,3)11(23)18-4-5-19-12(24)20-6-8(10(21)22)9(7-20)14(15,16)17/h8-9H,4-7H2,1-3H3,(H,18,23)(H,19,24)(H,21,22)/t8-,9-/m1/s1. The number of nitrogens with one attached hydrogen (secondary N) is 2. The fourth-order valence-corrected chi connectivity index (χ4v) is 2.27. The van der Waals surface area contributed by atoms with Crippen LogP contribution in [0.3, 0.4) is 0 Å². The van der Waals surface area contributed by atoms with Crippen LogP contribution in [0.4, 0.5) is 18.0 Å². The summed E-state index contributed by atoms with van der Waals surface area (Å²) in [4.78, 5) is 35.3. The quantitative estimate of drug-likeness (QED) is 0.658. The van der Waals surface area contributed by atoms with E-state index in [1.807, 2.05) is 0 Å². The number of carbonyl (C=O) groups is 3. The molecule has 0 unspecified atom stereocenters. The van der Waals surface area contributed by atoms with Crippen LogP contribution in [0, 0.1) is 17.3 Å². The smallest absolute Gasteiger partial charge is 0.394 e. The zero-order valence-electron chi connectivity index (χ0n) is 13.7. The number of nitrogens with zero attached hydrogens (tertiary/aromatic N) is 1. The molecule has 3 N–H and O–H groups in total. The molecule has 0 spiro atoms. The monoisotopic (exact) mass is 353 g/mol. The number of aliphatic carboxylic acids is 1. The van der Waals surface area contributed by atoms with Crippen molar-refractivity contribution in [3.05, 3.63) is 0 Å². The molecule has 24 heavy (non-hydrogen) atoms. The van der Waals surface area contributed by atoms with E-state index in [1.54, 1.807) is 20.8 Å². The van der Waals surface area contributed by atoms with Gasteiger partial charge in [-0.15, -0.1) is 0 Å². The molecule has 10 heteroatoms. The molecule has 1 aliphatic heterocycles. The Kier molecular flexibility index (Phi) is 6.07.